The van der Waals surface area contributed by atoms with E-state index in [1.165, 1.54) is 0 Å². The van der Waals surface area contributed by atoms with E-state index in [-0.39, 0.29) is 17.0 Å². The molecule has 0 aliphatic heterocycles. The summed E-state index contributed by atoms with van der Waals surface area (Å²) >= 11 is 6.00. The van der Waals surface area contributed by atoms with E-state index in [9.17, 15) is 4.79 Å². The normalized spacial score (nSPS) is 12.5. The van der Waals surface area contributed by atoms with Gasteiger partial charge in [0.05, 0.1) is 11.1 Å². The number of rotatable bonds is 5. The molecule has 0 saturated heterocycles. The molecule has 1 heterocycles. The van der Waals surface area contributed by atoms with Gasteiger partial charge in [0.15, 0.2) is 5.89 Å². The summed E-state index contributed by atoms with van der Waals surface area (Å²) in [5.41, 5.74) is 0.608. The Kier molecular flexibility index (Phi) is 4.80. The minimum atomic E-state index is -0.250. The van der Waals surface area contributed by atoms with Crippen molar-refractivity contribution in [2.75, 3.05) is 6.54 Å². The summed E-state index contributed by atoms with van der Waals surface area (Å²) in [5.74, 6) is 0.524. The lowest BCUT2D eigenvalue weighted by Gasteiger charge is -2.08. The number of oxazole rings is 1. The fourth-order valence-electron chi connectivity index (χ4n) is 1.44. The average molecular weight is 245 g/mol. The second kappa shape index (κ2) is 5.89. The van der Waals surface area contributed by atoms with E-state index in [1.54, 1.807) is 13.8 Å². The van der Waals surface area contributed by atoms with Crippen molar-refractivity contribution >= 4 is 17.5 Å². The number of aromatic nitrogens is 1. The topological polar surface area (TPSA) is 55.1 Å². The van der Waals surface area contributed by atoms with E-state index in [0.717, 1.165) is 12.8 Å². The van der Waals surface area contributed by atoms with Crippen molar-refractivity contribution in [2.24, 2.45) is 0 Å². The Morgan fingerprint density at radius 3 is 2.75 bits per heavy atom. The van der Waals surface area contributed by atoms with Crippen LogP contribution in [0.1, 0.15) is 41.9 Å². The molecule has 5 heteroatoms. The van der Waals surface area contributed by atoms with Gasteiger partial charge in [-0.3, -0.25) is 4.79 Å². The number of carbonyl (C=O) groups is 1. The summed E-state index contributed by atoms with van der Waals surface area (Å²) in [6.45, 7) is 5.97. The Morgan fingerprint density at radius 1 is 1.56 bits per heavy atom. The highest BCUT2D eigenvalue weighted by Gasteiger charge is 2.16. The molecule has 0 aliphatic carbocycles. The molecule has 0 saturated carbocycles. The van der Waals surface area contributed by atoms with Crippen LogP contribution in [0.2, 0.25) is 0 Å². The van der Waals surface area contributed by atoms with E-state index >= 15 is 0 Å². The highest BCUT2D eigenvalue weighted by atomic mass is 35.5. The standard InChI is InChI=1S/C11H17ClN2O2/c1-4-5-9(12)6-13-11(15)10-7(2)14-8(3)16-10/h9H,4-6H2,1-3H3,(H,13,15). The predicted molar refractivity (Wildman–Crippen MR) is 62.9 cm³/mol. The van der Waals surface area contributed by atoms with Gasteiger partial charge >= 0.3 is 0 Å². The van der Waals surface area contributed by atoms with Crippen LogP contribution in [-0.2, 0) is 0 Å². The van der Waals surface area contributed by atoms with Gasteiger partial charge in [-0.25, -0.2) is 4.98 Å². The van der Waals surface area contributed by atoms with Crippen LogP contribution >= 0.6 is 11.6 Å². The second-order valence-electron chi connectivity index (χ2n) is 3.74. The van der Waals surface area contributed by atoms with Crippen molar-refractivity contribution in [2.45, 2.75) is 39.0 Å². The average Bonchev–Trinajstić information content (AvgIpc) is 2.55. The van der Waals surface area contributed by atoms with Gasteiger partial charge in [0, 0.05) is 13.5 Å². The molecular weight excluding hydrogens is 228 g/mol. The lowest BCUT2D eigenvalue weighted by atomic mass is 10.2. The first-order valence-electron chi connectivity index (χ1n) is 5.40. The van der Waals surface area contributed by atoms with Crippen LogP contribution in [0.3, 0.4) is 0 Å². The van der Waals surface area contributed by atoms with Gasteiger partial charge in [0.1, 0.15) is 0 Å². The molecule has 0 fully saturated rings. The van der Waals surface area contributed by atoms with Gasteiger partial charge in [-0.15, -0.1) is 11.6 Å². The summed E-state index contributed by atoms with van der Waals surface area (Å²) in [6.07, 6.45) is 1.89. The van der Waals surface area contributed by atoms with Crippen LogP contribution in [0, 0.1) is 13.8 Å². The van der Waals surface area contributed by atoms with Gasteiger partial charge in [-0.2, -0.15) is 0 Å². The lowest BCUT2D eigenvalue weighted by Crippen LogP contribution is -2.29. The molecular formula is C11H17ClN2O2. The molecule has 1 aromatic heterocycles. The van der Waals surface area contributed by atoms with E-state index in [1.807, 2.05) is 0 Å². The highest BCUT2D eigenvalue weighted by molar-refractivity contribution is 6.20. The first-order chi connectivity index (χ1) is 7.54. The summed E-state index contributed by atoms with van der Waals surface area (Å²) in [5, 5.41) is 2.70. The van der Waals surface area contributed by atoms with Crippen molar-refractivity contribution in [1.82, 2.24) is 10.3 Å². The Labute approximate surface area is 100 Å². The molecule has 0 aromatic carbocycles. The maximum Gasteiger partial charge on any atom is 0.289 e. The third kappa shape index (κ3) is 3.52. The summed E-state index contributed by atoms with van der Waals surface area (Å²) in [7, 11) is 0. The molecule has 1 amide bonds. The fraction of sp³-hybridized carbons (Fsp3) is 0.636. The van der Waals surface area contributed by atoms with Gasteiger partial charge < -0.3 is 9.73 Å². The SMILES string of the molecule is CCCC(Cl)CNC(=O)c1oc(C)nc1C. The van der Waals surface area contributed by atoms with E-state index in [2.05, 4.69) is 17.2 Å². The Balaban J connectivity index is 2.50. The molecule has 0 radical (unpaired) electrons. The maximum absolute atomic E-state index is 11.7. The van der Waals surface area contributed by atoms with Crippen molar-refractivity contribution in [1.29, 1.82) is 0 Å². The number of hydrogen-bond donors (Lipinski definition) is 1. The van der Waals surface area contributed by atoms with Crippen LogP contribution in [0.25, 0.3) is 0 Å². The smallest absolute Gasteiger partial charge is 0.289 e. The number of carbonyl (C=O) groups excluding carboxylic acids is 1. The molecule has 0 spiro atoms. The summed E-state index contributed by atoms with van der Waals surface area (Å²) in [4.78, 5) is 15.7. The van der Waals surface area contributed by atoms with Crippen LogP contribution in [-0.4, -0.2) is 22.8 Å². The van der Waals surface area contributed by atoms with Crippen LogP contribution in [0.15, 0.2) is 4.42 Å². The van der Waals surface area contributed by atoms with Crippen molar-refractivity contribution in [3.8, 4) is 0 Å². The quantitative estimate of drug-likeness (QED) is 0.810. The van der Waals surface area contributed by atoms with Crippen molar-refractivity contribution < 1.29 is 9.21 Å². The maximum atomic E-state index is 11.7. The zero-order chi connectivity index (χ0) is 12.1. The largest absolute Gasteiger partial charge is 0.436 e. The molecule has 1 rings (SSSR count). The molecule has 0 bridgehead atoms. The van der Waals surface area contributed by atoms with Crippen molar-refractivity contribution in [3.05, 3.63) is 17.3 Å². The van der Waals surface area contributed by atoms with Gasteiger partial charge in [0.25, 0.3) is 5.91 Å². The van der Waals surface area contributed by atoms with E-state index in [4.69, 9.17) is 16.0 Å². The zero-order valence-corrected chi connectivity index (χ0v) is 10.6. The lowest BCUT2D eigenvalue weighted by molar-refractivity contribution is 0.0923. The number of hydrogen-bond acceptors (Lipinski definition) is 3. The number of aryl methyl sites for hydroxylation is 2. The van der Waals surface area contributed by atoms with E-state index in [0.29, 0.717) is 18.1 Å². The van der Waals surface area contributed by atoms with Gasteiger partial charge in [0.2, 0.25) is 5.76 Å². The fourth-order valence-corrected chi connectivity index (χ4v) is 1.74. The molecule has 4 nitrogen and oxygen atoms in total. The third-order valence-corrected chi connectivity index (χ3v) is 2.57. The number of nitrogens with one attached hydrogen (secondary N) is 1. The Hall–Kier alpha value is -1.03. The minimum absolute atomic E-state index is 0.0294. The van der Waals surface area contributed by atoms with Crippen LogP contribution in [0.5, 0.6) is 0 Å². The second-order valence-corrected chi connectivity index (χ2v) is 4.36. The monoisotopic (exact) mass is 244 g/mol. The van der Waals surface area contributed by atoms with E-state index < -0.39 is 0 Å². The molecule has 1 aromatic rings. The molecule has 1 unspecified atom stereocenters. The minimum Gasteiger partial charge on any atom is -0.436 e. The predicted octanol–water partition coefficient (Wildman–Crippen LogP) is 2.43. The Bertz CT molecular complexity index is 363. The molecule has 16 heavy (non-hydrogen) atoms. The van der Waals surface area contributed by atoms with Crippen LogP contribution in [0.4, 0.5) is 0 Å². The molecule has 1 N–H and O–H groups in total. The molecule has 1 atom stereocenters. The number of nitrogens with zero attached hydrogens (tertiary/aromatic N) is 1. The zero-order valence-electron chi connectivity index (χ0n) is 9.84. The molecule has 90 valence electrons. The van der Waals surface area contributed by atoms with Crippen LogP contribution < -0.4 is 5.32 Å². The summed E-state index contributed by atoms with van der Waals surface area (Å²) in [6, 6.07) is 0. The van der Waals surface area contributed by atoms with Gasteiger partial charge in [-0.05, 0) is 13.3 Å². The highest BCUT2D eigenvalue weighted by Crippen LogP contribution is 2.09. The van der Waals surface area contributed by atoms with Crippen molar-refractivity contribution in [3.63, 3.8) is 0 Å². The first kappa shape index (κ1) is 13.0. The Morgan fingerprint density at radius 2 is 2.25 bits per heavy atom. The number of halogens is 1. The third-order valence-electron chi connectivity index (χ3n) is 2.20. The first-order valence-corrected chi connectivity index (χ1v) is 5.84. The number of amides is 1. The molecule has 0 aliphatic rings. The van der Waals surface area contributed by atoms with Gasteiger partial charge in [-0.1, -0.05) is 13.3 Å². The summed E-state index contributed by atoms with van der Waals surface area (Å²) < 4.78 is 5.20. The number of alkyl halides is 1.